The van der Waals surface area contributed by atoms with Gasteiger partial charge in [0.1, 0.15) is 18.5 Å². The molecule has 0 radical (unpaired) electrons. The van der Waals surface area contributed by atoms with Crippen molar-refractivity contribution in [3.8, 4) is 5.75 Å². The maximum absolute atomic E-state index is 11.9. The number of benzene rings is 1. The summed E-state index contributed by atoms with van der Waals surface area (Å²) in [5, 5.41) is 13.8. The number of nitrogens with one attached hydrogen (secondary N) is 2. The Balaban J connectivity index is 1.21. The smallest absolute Gasteiger partial charge is 0.240 e. The molecule has 0 bridgehead atoms. The molecule has 3 N–H and O–H groups in total. The van der Waals surface area contributed by atoms with Crippen LogP contribution in [0.2, 0.25) is 0 Å². The Bertz CT molecular complexity index is 1100. The van der Waals surface area contributed by atoms with Gasteiger partial charge < -0.3 is 24.8 Å². The van der Waals surface area contributed by atoms with Crippen molar-refractivity contribution in [1.82, 2.24) is 20.0 Å². The molecule has 2 saturated heterocycles. The second-order valence-corrected chi connectivity index (χ2v) is 11.3. The molecule has 2 aromatic rings. The molecule has 2 unspecified atom stereocenters. The predicted octanol–water partition coefficient (Wildman–Crippen LogP) is 1.16. The van der Waals surface area contributed by atoms with Crippen LogP contribution in [0.1, 0.15) is 30.7 Å². The maximum atomic E-state index is 11.9. The van der Waals surface area contributed by atoms with Gasteiger partial charge in [-0.05, 0) is 58.4 Å². The highest BCUT2D eigenvalue weighted by Crippen LogP contribution is 2.36. The number of aromatic nitrogens is 2. The molecule has 0 aliphatic carbocycles. The van der Waals surface area contributed by atoms with Gasteiger partial charge in [0.15, 0.2) is 0 Å². The predicted molar refractivity (Wildman–Crippen MR) is 132 cm³/mol. The highest BCUT2D eigenvalue weighted by Gasteiger charge is 2.43. The molecule has 2 fully saturated rings. The van der Waals surface area contributed by atoms with Gasteiger partial charge in [0.25, 0.3) is 0 Å². The van der Waals surface area contributed by atoms with Crippen molar-refractivity contribution in [2.75, 3.05) is 44.8 Å². The lowest BCUT2D eigenvalue weighted by atomic mass is 9.87. The Morgan fingerprint density at radius 1 is 1.23 bits per heavy atom. The number of nitrogens with zero attached hydrogens (tertiary/aromatic N) is 3. The first-order chi connectivity index (χ1) is 16.7. The second-order valence-electron chi connectivity index (χ2n) is 9.39. The van der Waals surface area contributed by atoms with Crippen LogP contribution >= 0.6 is 0 Å². The van der Waals surface area contributed by atoms with Crippen molar-refractivity contribution in [3.05, 3.63) is 41.7 Å². The van der Waals surface area contributed by atoms with Crippen LogP contribution in [0.3, 0.4) is 0 Å². The van der Waals surface area contributed by atoms with E-state index in [-0.39, 0.29) is 23.1 Å². The zero-order chi connectivity index (χ0) is 25.1. The average Bonchev–Trinajstić information content (AvgIpc) is 3.23. The third-order valence-electron chi connectivity index (χ3n) is 6.61. The van der Waals surface area contributed by atoms with Crippen LogP contribution in [0.15, 0.2) is 35.2 Å². The number of rotatable bonds is 9. The average molecular weight is 506 g/mol. The minimum Gasteiger partial charge on any atom is -0.491 e. The van der Waals surface area contributed by atoms with Crippen LogP contribution in [0.25, 0.3) is 0 Å². The minimum absolute atomic E-state index is 0.0552. The van der Waals surface area contributed by atoms with Crippen LogP contribution in [0.5, 0.6) is 5.75 Å². The summed E-state index contributed by atoms with van der Waals surface area (Å²) in [7, 11) is -2.19. The van der Waals surface area contributed by atoms with Crippen molar-refractivity contribution >= 4 is 16.0 Å². The summed E-state index contributed by atoms with van der Waals surface area (Å²) in [6, 6.07) is 8.35. The third kappa shape index (κ3) is 6.47. The summed E-state index contributed by atoms with van der Waals surface area (Å²) in [4.78, 5) is 11.5. The van der Waals surface area contributed by atoms with Gasteiger partial charge in [0.2, 0.25) is 16.0 Å². The molecule has 1 spiro atoms. The number of hydrogen-bond donors (Lipinski definition) is 3. The SMILES string of the molecule is CNS(=O)(=O)c1cccc(OCC(O)CNC2COC3(CCN(c4nc(C)cc(C)n4)CC3)C2)c1. The largest absolute Gasteiger partial charge is 0.491 e. The molecule has 2 atom stereocenters. The quantitative estimate of drug-likeness (QED) is 0.460. The molecule has 0 saturated carbocycles. The van der Waals surface area contributed by atoms with Crippen molar-refractivity contribution in [1.29, 1.82) is 0 Å². The van der Waals surface area contributed by atoms with E-state index >= 15 is 0 Å². The number of aliphatic hydroxyl groups is 1. The number of hydrogen-bond acceptors (Lipinski definition) is 9. The minimum atomic E-state index is -3.55. The molecule has 2 aliphatic rings. The third-order valence-corrected chi connectivity index (χ3v) is 8.02. The fraction of sp³-hybridized carbons (Fsp3) is 0.583. The first kappa shape index (κ1) is 25.8. The van der Waals surface area contributed by atoms with E-state index in [0.717, 1.165) is 49.7 Å². The molecular weight excluding hydrogens is 470 g/mol. The molecule has 4 rings (SSSR count). The molecule has 0 amide bonds. The van der Waals surface area contributed by atoms with Crippen molar-refractivity contribution in [2.45, 2.75) is 55.8 Å². The highest BCUT2D eigenvalue weighted by molar-refractivity contribution is 7.89. The summed E-state index contributed by atoms with van der Waals surface area (Å²) >= 11 is 0. The van der Waals surface area contributed by atoms with Crippen LogP contribution in [-0.4, -0.2) is 81.1 Å². The van der Waals surface area contributed by atoms with Gasteiger partial charge in [0.05, 0.1) is 17.1 Å². The molecule has 35 heavy (non-hydrogen) atoms. The van der Waals surface area contributed by atoms with E-state index in [4.69, 9.17) is 9.47 Å². The molecule has 2 aliphatic heterocycles. The van der Waals surface area contributed by atoms with E-state index in [1.165, 1.54) is 19.2 Å². The first-order valence-electron chi connectivity index (χ1n) is 12.0. The van der Waals surface area contributed by atoms with E-state index in [0.29, 0.717) is 18.9 Å². The summed E-state index contributed by atoms with van der Waals surface area (Å²) in [6.45, 7) is 6.72. The highest BCUT2D eigenvalue weighted by atomic mass is 32.2. The number of anilines is 1. The Labute approximate surface area is 207 Å². The fourth-order valence-electron chi connectivity index (χ4n) is 4.69. The Morgan fingerprint density at radius 2 is 1.94 bits per heavy atom. The summed E-state index contributed by atoms with van der Waals surface area (Å²) < 4.78 is 38.0. The normalized spacial score (nSPS) is 20.8. The molecule has 192 valence electrons. The number of piperidine rings is 1. The number of sulfonamides is 1. The van der Waals surface area contributed by atoms with Gasteiger partial charge in [-0.2, -0.15) is 0 Å². The topological polar surface area (TPSA) is 126 Å². The molecule has 3 heterocycles. The Hall–Kier alpha value is -2.31. The van der Waals surface area contributed by atoms with Crippen molar-refractivity contribution < 1.29 is 23.0 Å². The Kier molecular flexibility index (Phi) is 7.92. The van der Waals surface area contributed by atoms with Crippen LogP contribution < -0.4 is 19.7 Å². The van der Waals surface area contributed by atoms with Crippen molar-refractivity contribution in [3.63, 3.8) is 0 Å². The van der Waals surface area contributed by atoms with E-state index in [2.05, 4.69) is 24.9 Å². The van der Waals surface area contributed by atoms with Crippen molar-refractivity contribution in [2.24, 2.45) is 0 Å². The summed E-state index contributed by atoms with van der Waals surface area (Å²) in [5.41, 5.74) is 1.81. The van der Waals surface area contributed by atoms with Gasteiger partial charge in [-0.15, -0.1) is 0 Å². The molecule has 11 heteroatoms. The second kappa shape index (κ2) is 10.8. The van der Waals surface area contributed by atoms with Gasteiger partial charge in [-0.25, -0.2) is 23.1 Å². The zero-order valence-corrected chi connectivity index (χ0v) is 21.3. The first-order valence-corrected chi connectivity index (χ1v) is 13.5. The summed E-state index contributed by atoms with van der Waals surface area (Å²) in [5.74, 6) is 1.19. The van der Waals surface area contributed by atoms with E-state index in [1.807, 2.05) is 19.9 Å². The molecule has 1 aromatic carbocycles. The van der Waals surface area contributed by atoms with E-state index in [9.17, 15) is 13.5 Å². The molecule has 1 aromatic heterocycles. The lowest BCUT2D eigenvalue weighted by molar-refractivity contribution is -0.0152. The zero-order valence-electron chi connectivity index (χ0n) is 20.5. The monoisotopic (exact) mass is 505 g/mol. The van der Waals surface area contributed by atoms with Gasteiger partial charge in [0, 0.05) is 43.1 Å². The van der Waals surface area contributed by atoms with Crippen LogP contribution in [0, 0.1) is 13.8 Å². The van der Waals surface area contributed by atoms with Gasteiger partial charge >= 0.3 is 0 Å². The summed E-state index contributed by atoms with van der Waals surface area (Å²) in [6.07, 6.45) is 1.99. The van der Waals surface area contributed by atoms with Crippen LogP contribution in [0.4, 0.5) is 5.95 Å². The van der Waals surface area contributed by atoms with E-state index in [1.54, 1.807) is 12.1 Å². The lowest BCUT2D eigenvalue weighted by Crippen LogP contribution is -2.46. The lowest BCUT2D eigenvalue weighted by Gasteiger charge is -2.38. The standard InChI is InChI=1S/C24H35N5O5S/c1-17-11-18(2)28-23(27-17)29-9-7-24(8-10-29)13-19(15-34-24)26-14-20(30)16-33-21-5-4-6-22(12-21)35(31,32)25-3/h4-6,11-12,19-20,25-26,30H,7-10,13-16H2,1-3H3. The molecular formula is C24H35N5O5S. The molecule has 10 nitrogen and oxygen atoms in total. The number of ether oxygens (including phenoxy) is 2. The number of aliphatic hydroxyl groups excluding tert-OH is 1. The van der Waals surface area contributed by atoms with Gasteiger partial charge in [-0.1, -0.05) is 6.07 Å². The van der Waals surface area contributed by atoms with Gasteiger partial charge in [-0.3, -0.25) is 0 Å². The van der Waals surface area contributed by atoms with Crippen LogP contribution in [-0.2, 0) is 14.8 Å². The van der Waals surface area contributed by atoms with E-state index < -0.39 is 16.1 Å². The fourth-order valence-corrected chi connectivity index (χ4v) is 5.45. The number of aryl methyl sites for hydroxylation is 2. The maximum Gasteiger partial charge on any atom is 0.240 e. The Morgan fingerprint density at radius 3 is 2.63 bits per heavy atom.